The maximum absolute atomic E-state index is 12.7. The highest BCUT2D eigenvalue weighted by Gasteiger charge is 2.33. The van der Waals surface area contributed by atoms with Gasteiger partial charge in [-0.1, -0.05) is 36.4 Å². The molecule has 1 aliphatic rings. The van der Waals surface area contributed by atoms with Gasteiger partial charge in [-0.05, 0) is 30.7 Å². The minimum atomic E-state index is -3.25. The standard InChI is InChI=1S/C20H19N3O3S/c1-4-13-23-18-8-6-5-7-17(18)19(20(23)24)22-21-14(2)15-9-11-16(12-10-15)27(3,25)26/h4-12H,1,13H2,2-3H3/b21-14-,22-19-. The first kappa shape index (κ1) is 18.7. The largest absolute Gasteiger partial charge is 0.302 e. The van der Waals surface area contributed by atoms with Gasteiger partial charge in [0.2, 0.25) is 0 Å². The predicted molar refractivity (Wildman–Crippen MR) is 107 cm³/mol. The number of anilines is 1. The Morgan fingerprint density at radius 1 is 1.15 bits per heavy atom. The van der Waals surface area contributed by atoms with Crippen molar-refractivity contribution in [2.45, 2.75) is 11.8 Å². The first-order valence-electron chi connectivity index (χ1n) is 8.28. The Morgan fingerprint density at radius 3 is 2.44 bits per heavy atom. The van der Waals surface area contributed by atoms with E-state index in [2.05, 4.69) is 16.8 Å². The van der Waals surface area contributed by atoms with Gasteiger partial charge in [0.1, 0.15) is 0 Å². The normalized spacial score (nSPS) is 15.9. The maximum atomic E-state index is 12.7. The minimum Gasteiger partial charge on any atom is -0.302 e. The zero-order valence-corrected chi connectivity index (χ0v) is 15.9. The number of nitrogens with zero attached hydrogens (tertiary/aromatic N) is 3. The molecule has 0 unspecified atom stereocenters. The first-order valence-corrected chi connectivity index (χ1v) is 10.2. The van der Waals surface area contributed by atoms with Gasteiger partial charge in [0.05, 0.1) is 16.3 Å². The Morgan fingerprint density at radius 2 is 1.81 bits per heavy atom. The molecule has 1 heterocycles. The summed E-state index contributed by atoms with van der Waals surface area (Å²) in [6.45, 7) is 5.84. The second-order valence-corrected chi connectivity index (χ2v) is 8.17. The molecule has 1 aliphatic heterocycles. The van der Waals surface area contributed by atoms with Gasteiger partial charge >= 0.3 is 0 Å². The Labute approximate surface area is 158 Å². The molecule has 1 amide bonds. The van der Waals surface area contributed by atoms with Crippen molar-refractivity contribution >= 4 is 32.9 Å². The molecule has 0 fully saturated rings. The van der Waals surface area contributed by atoms with E-state index in [-0.39, 0.29) is 16.5 Å². The lowest BCUT2D eigenvalue weighted by atomic mass is 10.1. The number of rotatable bonds is 5. The number of para-hydroxylation sites is 1. The molecule has 27 heavy (non-hydrogen) atoms. The molecule has 0 spiro atoms. The average Bonchev–Trinajstić information content (AvgIpc) is 2.91. The fraction of sp³-hybridized carbons (Fsp3) is 0.150. The highest BCUT2D eigenvalue weighted by molar-refractivity contribution is 7.90. The third-order valence-electron chi connectivity index (χ3n) is 4.21. The van der Waals surface area contributed by atoms with Crippen LogP contribution in [0.1, 0.15) is 18.1 Å². The predicted octanol–water partition coefficient (Wildman–Crippen LogP) is 2.84. The van der Waals surface area contributed by atoms with Crippen molar-refractivity contribution in [1.82, 2.24) is 0 Å². The van der Waals surface area contributed by atoms with Gasteiger partial charge < -0.3 is 4.90 Å². The SMILES string of the molecule is C=CCN1C(=O)/C(=N\N=C(\C)c2ccc(S(C)(=O)=O)cc2)c2ccccc21. The van der Waals surface area contributed by atoms with Gasteiger partial charge in [-0.2, -0.15) is 5.10 Å². The number of hydrogen-bond donors (Lipinski definition) is 0. The molecule has 0 radical (unpaired) electrons. The fourth-order valence-corrected chi connectivity index (χ4v) is 3.43. The number of hydrogen-bond acceptors (Lipinski definition) is 5. The van der Waals surface area contributed by atoms with Crippen molar-refractivity contribution in [3.8, 4) is 0 Å². The summed E-state index contributed by atoms with van der Waals surface area (Å²) in [5, 5.41) is 8.38. The van der Waals surface area contributed by atoms with Crippen LogP contribution in [0.3, 0.4) is 0 Å². The topological polar surface area (TPSA) is 79.2 Å². The Balaban J connectivity index is 1.94. The van der Waals surface area contributed by atoms with E-state index in [4.69, 9.17) is 0 Å². The van der Waals surface area contributed by atoms with Crippen molar-refractivity contribution < 1.29 is 13.2 Å². The van der Waals surface area contributed by atoms with Crippen LogP contribution in [-0.4, -0.2) is 38.5 Å². The molecule has 0 bridgehead atoms. The zero-order chi connectivity index (χ0) is 19.6. The van der Waals surface area contributed by atoms with E-state index < -0.39 is 9.84 Å². The number of amides is 1. The first-order chi connectivity index (χ1) is 12.8. The molecule has 0 aliphatic carbocycles. The van der Waals surface area contributed by atoms with Crippen molar-refractivity contribution in [3.63, 3.8) is 0 Å². The van der Waals surface area contributed by atoms with Gasteiger partial charge in [0.15, 0.2) is 15.5 Å². The van der Waals surface area contributed by atoms with E-state index in [0.29, 0.717) is 12.3 Å². The summed E-state index contributed by atoms with van der Waals surface area (Å²) in [6, 6.07) is 13.8. The number of carbonyl (C=O) groups is 1. The molecule has 7 heteroatoms. The van der Waals surface area contributed by atoms with E-state index in [1.165, 1.54) is 12.1 Å². The molecule has 0 aromatic heterocycles. The summed E-state index contributed by atoms with van der Waals surface area (Å²) in [5.74, 6) is -0.222. The van der Waals surface area contributed by atoms with Crippen molar-refractivity contribution in [3.05, 3.63) is 72.3 Å². The van der Waals surface area contributed by atoms with Crippen LogP contribution in [0.25, 0.3) is 0 Å². The van der Waals surface area contributed by atoms with Crippen LogP contribution in [-0.2, 0) is 14.6 Å². The molecule has 0 atom stereocenters. The van der Waals surface area contributed by atoms with Crippen molar-refractivity contribution in [1.29, 1.82) is 0 Å². The van der Waals surface area contributed by atoms with Crippen LogP contribution >= 0.6 is 0 Å². The summed E-state index contributed by atoms with van der Waals surface area (Å²) in [6.07, 6.45) is 2.82. The van der Waals surface area contributed by atoms with E-state index in [9.17, 15) is 13.2 Å². The van der Waals surface area contributed by atoms with Crippen LogP contribution in [0.15, 0.2) is 76.3 Å². The van der Waals surface area contributed by atoms with E-state index in [1.54, 1.807) is 30.0 Å². The van der Waals surface area contributed by atoms with Gasteiger partial charge in [0, 0.05) is 18.4 Å². The van der Waals surface area contributed by atoms with Crippen LogP contribution in [0.2, 0.25) is 0 Å². The number of carbonyl (C=O) groups excluding carboxylic acids is 1. The summed E-state index contributed by atoms with van der Waals surface area (Å²) in [7, 11) is -3.25. The highest BCUT2D eigenvalue weighted by Crippen LogP contribution is 2.29. The number of sulfone groups is 1. The third-order valence-corrected chi connectivity index (χ3v) is 5.34. The lowest BCUT2D eigenvalue weighted by Gasteiger charge is -2.13. The molecular weight excluding hydrogens is 362 g/mol. The molecule has 0 N–H and O–H groups in total. The summed E-state index contributed by atoms with van der Waals surface area (Å²) in [5.41, 5.74) is 3.10. The Kier molecular flexibility index (Phi) is 5.05. The van der Waals surface area contributed by atoms with E-state index in [0.717, 1.165) is 23.1 Å². The van der Waals surface area contributed by atoms with Crippen LogP contribution in [0, 0.1) is 0 Å². The van der Waals surface area contributed by atoms with Gasteiger partial charge in [0.25, 0.3) is 5.91 Å². The van der Waals surface area contributed by atoms with Crippen molar-refractivity contribution in [2.24, 2.45) is 10.2 Å². The molecule has 3 rings (SSSR count). The van der Waals surface area contributed by atoms with Crippen LogP contribution in [0.4, 0.5) is 5.69 Å². The third kappa shape index (κ3) is 3.73. The second-order valence-electron chi connectivity index (χ2n) is 6.15. The lowest BCUT2D eigenvalue weighted by Crippen LogP contribution is -2.30. The quantitative estimate of drug-likeness (QED) is 0.454. The monoisotopic (exact) mass is 381 g/mol. The number of fused-ring (bicyclic) bond motifs is 1. The zero-order valence-electron chi connectivity index (χ0n) is 15.1. The van der Waals surface area contributed by atoms with Crippen LogP contribution in [0.5, 0.6) is 0 Å². The summed E-state index contributed by atoms with van der Waals surface area (Å²) >= 11 is 0. The molecule has 6 nitrogen and oxygen atoms in total. The molecular formula is C20H19N3O3S. The van der Waals surface area contributed by atoms with E-state index >= 15 is 0 Å². The summed E-state index contributed by atoms with van der Waals surface area (Å²) < 4.78 is 23.1. The molecule has 0 saturated carbocycles. The number of benzene rings is 2. The maximum Gasteiger partial charge on any atom is 0.279 e. The highest BCUT2D eigenvalue weighted by atomic mass is 32.2. The Hall–Kier alpha value is -3.06. The summed E-state index contributed by atoms with van der Waals surface area (Å²) in [4.78, 5) is 14.5. The van der Waals surface area contributed by atoms with Gasteiger partial charge in [-0.3, -0.25) is 4.79 Å². The van der Waals surface area contributed by atoms with Gasteiger partial charge in [-0.15, -0.1) is 11.7 Å². The van der Waals surface area contributed by atoms with E-state index in [1.807, 2.05) is 24.3 Å². The lowest BCUT2D eigenvalue weighted by molar-refractivity contribution is -0.112. The molecule has 0 saturated heterocycles. The van der Waals surface area contributed by atoms with Crippen molar-refractivity contribution in [2.75, 3.05) is 17.7 Å². The molecule has 2 aromatic rings. The fourth-order valence-electron chi connectivity index (χ4n) is 2.79. The average molecular weight is 381 g/mol. The molecule has 2 aromatic carbocycles. The smallest absolute Gasteiger partial charge is 0.279 e. The second kappa shape index (κ2) is 7.28. The minimum absolute atomic E-state index is 0.222. The van der Waals surface area contributed by atoms with Crippen LogP contribution < -0.4 is 4.90 Å². The van der Waals surface area contributed by atoms with Gasteiger partial charge in [-0.25, -0.2) is 8.42 Å². The Bertz CT molecular complexity index is 1070. The molecule has 138 valence electrons.